The number of amides is 3. The topological polar surface area (TPSA) is 69.7 Å². The predicted octanol–water partition coefficient (Wildman–Crippen LogP) is 1.11. The summed E-state index contributed by atoms with van der Waals surface area (Å²) in [5, 5.41) is 2.71. The minimum atomic E-state index is -0.551. The number of nitrogens with zero attached hydrogens (tertiary/aromatic N) is 2. The van der Waals surface area contributed by atoms with Gasteiger partial charge in [-0.25, -0.2) is 0 Å². The smallest absolute Gasteiger partial charge is 0.235 e. The lowest BCUT2D eigenvalue weighted by Crippen LogP contribution is -2.52. The standard InChI is InChI=1S/C20H31N3O3/c1-22(19(25)16-3-4-21-18(16)24)5-6-23(2)20(26)17-14-8-12-7-13(10-14)11-15(17)9-12/h12-17H,3-11H2,1-2H3,(H,21,24). The lowest BCUT2D eigenvalue weighted by Gasteiger charge is -2.54. The minimum absolute atomic E-state index is 0.129. The van der Waals surface area contributed by atoms with Crippen LogP contribution in [0.2, 0.25) is 0 Å². The third kappa shape index (κ3) is 3.12. The number of nitrogens with one attached hydrogen (secondary N) is 1. The van der Waals surface area contributed by atoms with E-state index < -0.39 is 5.92 Å². The van der Waals surface area contributed by atoms with Crippen LogP contribution in [0.5, 0.6) is 0 Å². The summed E-state index contributed by atoms with van der Waals surface area (Å²) in [6, 6.07) is 0. The second-order valence-electron chi connectivity index (χ2n) is 9.11. The maximum absolute atomic E-state index is 13.1. The quantitative estimate of drug-likeness (QED) is 0.746. The van der Waals surface area contributed by atoms with Crippen molar-refractivity contribution in [2.45, 2.75) is 38.5 Å². The molecular formula is C20H31N3O3. The van der Waals surface area contributed by atoms with E-state index in [9.17, 15) is 14.4 Å². The molecule has 0 spiro atoms. The molecule has 0 radical (unpaired) electrons. The Balaban J connectivity index is 1.30. The Morgan fingerprint density at radius 2 is 1.46 bits per heavy atom. The van der Waals surface area contributed by atoms with Crippen LogP contribution in [0.4, 0.5) is 0 Å². The van der Waals surface area contributed by atoms with Crippen molar-refractivity contribution in [1.29, 1.82) is 0 Å². The van der Waals surface area contributed by atoms with Crippen molar-refractivity contribution < 1.29 is 14.4 Å². The van der Waals surface area contributed by atoms with Crippen LogP contribution < -0.4 is 5.32 Å². The first-order valence-electron chi connectivity index (χ1n) is 10.2. The van der Waals surface area contributed by atoms with E-state index in [1.54, 1.807) is 11.9 Å². The van der Waals surface area contributed by atoms with Crippen molar-refractivity contribution in [3.8, 4) is 0 Å². The van der Waals surface area contributed by atoms with Crippen molar-refractivity contribution >= 4 is 17.7 Å². The van der Waals surface area contributed by atoms with E-state index in [4.69, 9.17) is 0 Å². The van der Waals surface area contributed by atoms with Gasteiger partial charge in [-0.15, -0.1) is 0 Å². The maximum Gasteiger partial charge on any atom is 0.235 e. The fraction of sp³-hybridized carbons (Fsp3) is 0.850. The monoisotopic (exact) mass is 361 g/mol. The molecule has 5 aliphatic rings. The predicted molar refractivity (Wildman–Crippen MR) is 96.9 cm³/mol. The van der Waals surface area contributed by atoms with Gasteiger partial charge in [0.05, 0.1) is 0 Å². The summed E-state index contributed by atoms with van der Waals surface area (Å²) < 4.78 is 0. The molecule has 1 saturated heterocycles. The fourth-order valence-corrected chi connectivity index (χ4v) is 6.20. The van der Waals surface area contributed by atoms with Crippen LogP contribution in [0, 0.1) is 35.5 Å². The van der Waals surface area contributed by atoms with Gasteiger partial charge in [-0.1, -0.05) is 0 Å². The van der Waals surface area contributed by atoms with Crippen molar-refractivity contribution in [2.75, 3.05) is 33.7 Å². The molecule has 144 valence electrons. The highest BCUT2D eigenvalue weighted by Gasteiger charge is 2.51. The normalized spacial score (nSPS) is 37.5. The summed E-state index contributed by atoms with van der Waals surface area (Å²) in [6.45, 7) is 1.60. The molecule has 5 fully saturated rings. The summed E-state index contributed by atoms with van der Waals surface area (Å²) in [4.78, 5) is 40.6. The third-order valence-electron chi connectivity index (χ3n) is 7.38. The average molecular weight is 361 g/mol. The van der Waals surface area contributed by atoms with Gasteiger partial charge in [-0.3, -0.25) is 14.4 Å². The zero-order chi connectivity index (χ0) is 18.4. The molecule has 3 amide bonds. The lowest BCUT2D eigenvalue weighted by molar-refractivity contribution is -0.149. The molecule has 1 atom stereocenters. The molecule has 4 bridgehead atoms. The van der Waals surface area contributed by atoms with Crippen LogP contribution in [0.25, 0.3) is 0 Å². The summed E-state index contributed by atoms with van der Waals surface area (Å²) in [6.07, 6.45) is 6.94. The summed E-state index contributed by atoms with van der Waals surface area (Å²) in [5.41, 5.74) is 0. The number of likely N-dealkylation sites (N-methyl/N-ethyl adjacent to an activating group) is 2. The first kappa shape index (κ1) is 17.8. The highest BCUT2D eigenvalue weighted by Crippen LogP contribution is 2.56. The highest BCUT2D eigenvalue weighted by atomic mass is 16.2. The lowest BCUT2D eigenvalue weighted by atomic mass is 9.51. The molecule has 1 N–H and O–H groups in total. The Bertz CT molecular complexity index is 577. The molecule has 1 aliphatic heterocycles. The molecule has 0 aromatic carbocycles. The van der Waals surface area contributed by atoms with Gasteiger partial charge in [-0.2, -0.15) is 0 Å². The van der Waals surface area contributed by atoms with E-state index in [0.29, 0.717) is 37.9 Å². The maximum atomic E-state index is 13.1. The number of carbonyl (C=O) groups is 3. The van der Waals surface area contributed by atoms with E-state index >= 15 is 0 Å². The zero-order valence-corrected chi connectivity index (χ0v) is 15.9. The van der Waals surface area contributed by atoms with E-state index in [2.05, 4.69) is 5.32 Å². The molecule has 6 heteroatoms. The highest BCUT2D eigenvalue weighted by molar-refractivity contribution is 6.01. The number of carbonyl (C=O) groups excluding carboxylic acids is 3. The second kappa shape index (κ2) is 6.86. The molecule has 5 rings (SSSR count). The Hall–Kier alpha value is -1.59. The van der Waals surface area contributed by atoms with Crippen molar-refractivity contribution in [3.63, 3.8) is 0 Å². The summed E-state index contributed by atoms with van der Waals surface area (Å²) in [7, 11) is 3.60. The van der Waals surface area contributed by atoms with Crippen molar-refractivity contribution in [3.05, 3.63) is 0 Å². The van der Waals surface area contributed by atoms with E-state index in [1.807, 2.05) is 11.9 Å². The van der Waals surface area contributed by atoms with Gasteiger partial charge in [0, 0.05) is 39.6 Å². The van der Waals surface area contributed by atoms with Crippen LogP contribution in [0.1, 0.15) is 38.5 Å². The zero-order valence-electron chi connectivity index (χ0n) is 15.9. The number of rotatable bonds is 5. The molecule has 4 saturated carbocycles. The van der Waals surface area contributed by atoms with Gasteiger partial charge in [-0.05, 0) is 62.2 Å². The molecular weight excluding hydrogens is 330 g/mol. The molecule has 1 unspecified atom stereocenters. The SMILES string of the molecule is CN(CCN(C)C(=O)C1C2CC3CC(C2)CC1C3)C(=O)C1CCNC1=O. The van der Waals surface area contributed by atoms with Crippen molar-refractivity contribution in [1.82, 2.24) is 15.1 Å². The number of hydrogen-bond acceptors (Lipinski definition) is 3. The van der Waals surface area contributed by atoms with E-state index in [-0.39, 0.29) is 23.6 Å². The first-order chi connectivity index (χ1) is 12.4. The minimum Gasteiger partial charge on any atom is -0.355 e. The van der Waals surface area contributed by atoms with Crippen LogP contribution in [-0.4, -0.2) is 61.3 Å². The molecule has 4 aliphatic carbocycles. The molecule has 26 heavy (non-hydrogen) atoms. The fourth-order valence-electron chi connectivity index (χ4n) is 6.20. The second-order valence-corrected chi connectivity index (χ2v) is 9.11. The Labute approximate surface area is 155 Å². The largest absolute Gasteiger partial charge is 0.355 e. The first-order valence-corrected chi connectivity index (χ1v) is 10.2. The van der Waals surface area contributed by atoms with Gasteiger partial charge < -0.3 is 15.1 Å². The summed E-state index contributed by atoms with van der Waals surface area (Å²) >= 11 is 0. The summed E-state index contributed by atoms with van der Waals surface area (Å²) in [5.74, 6) is 2.54. The van der Waals surface area contributed by atoms with E-state index in [1.165, 1.54) is 32.1 Å². The van der Waals surface area contributed by atoms with Gasteiger partial charge in [0.25, 0.3) is 0 Å². The third-order valence-corrected chi connectivity index (χ3v) is 7.38. The van der Waals surface area contributed by atoms with Crippen LogP contribution in [0.3, 0.4) is 0 Å². The van der Waals surface area contributed by atoms with Gasteiger partial charge in [0.2, 0.25) is 17.7 Å². The van der Waals surface area contributed by atoms with Gasteiger partial charge in [0.15, 0.2) is 0 Å². The van der Waals surface area contributed by atoms with Gasteiger partial charge >= 0.3 is 0 Å². The number of hydrogen-bond donors (Lipinski definition) is 1. The van der Waals surface area contributed by atoms with Crippen LogP contribution in [0.15, 0.2) is 0 Å². The average Bonchev–Trinajstić information content (AvgIpc) is 3.03. The Morgan fingerprint density at radius 3 is 1.96 bits per heavy atom. The van der Waals surface area contributed by atoms with Crippen LogP contribution >= 0.6 is 0 Å². The van der Waals surface area contributed by atoms with Crippen LogP contribution in [-0.2, 0) is 14.4 Å². The van der Waals surface area contributed by atoms with Crippen molar-refractivity contribution in [2.24, 2.45) is 35.5 Å². The van der Waals surface area contributed by atoms with Gasteiger partial charge in [0.1, 0.15) is 5.92 Å². The molecule has 0 aromatic rings. The Kier molecular flexibility index (Phi) is 4.70. The Morgan fingerprint density at radius 1 is 0.923 bits per heavy atom. The molecule has 1 heterocycles. The van der Waals surface area contributed by atoms with E-state index in [0.717, 1.165) is 11.8 Å². The molecule has 6 nitrogen and oxygen atoms in total. The molecule has 0 aromatic heterocycles.